The second-order valence-corrected chi connectivity index (χ2v) is 7.04. The molecule has 1 aromatic carbocycles. The van der Waals surface area contributed by atoms with Crippen molar-refractivity contribution in [1.29, 1.82) is 0 Å². The average molecular weight is 385 g/mol. The molecular formula is C18H17BrN4O. The van der Waals surface area contributed by atoms with Crippen LogP contribution in [0.3, 0.4) is 0 Å². The number of nitrogens with zero attached hydrogens (tertiary/aromatic N) is 3. The summed E-state index contributed by atoms with van der Waals surface area (Å²) in [5.41, 5.74) is 2.65. The van der Waals surface area contributed by atoms with E-state index in [1.807, 2.05) is 35.2 Å². The van der Waals surface area contributed by atoms with Gasteiger partial charge in [0.15, 0.2) is 0 Å². The van der Waals surface area contributed by atoms with Crippen LogP contribution in [0.2, 0.25) is 0 Å². The predicted octanol–water partition coefficient (Wildman–Crippen LogP) is 3.74. The van der Waals surface area contributed by atoms with Crippen molar-refractivity contribution in [2.45, 2.75) is 18.8 Å². The van der Waals surface area contributed by atoms with Crippen LogP contribution in [0.1, 0.15) is 34.9 Å². The molecule has 2 aromatic heterocycles. The molecule has 1 aliphatic heterocycles. The van der Waals surface area contributed by atoms with Crippen LogP contribution >= 0.6 is 15.9 Å². The zero-order valence-electron chi connectivity index (χ0n) is 13.1. The topological polar surface area (TPSA) is 61.9 Å². The zero-order chi connectivity index (χ0) is 16.5. The Hall–Kier alpha value is -2.21. The minimum absolute atomic E-state index is 0.0320. The Balaban J connectivity index is 1.56. The number of H-pyrrole nitrogens is 1. The molecule has 1 aliphatic rings. The molecular weight excluding hydrogens is 368 g/mol. The number of imidazole rings is 1. The predicted molar refractivity (Wildman–Crippen MR) is 95.9 cm³/mol. The first kappa shape index (κ1) is 15.3. The van der Waals surface area contributed by atoms with Gasteiger partial charge in [0.2, 0.25) is 0 Å². The van der Waals surface area contributed by atoms with E-state index in [4.69, 9.17) is 4.98 Å². The van der Waals surface area contributed by atoms with E-state index in [1.54, 1.807) is 12.4 Å². The van der Waals surface area contributed by atoms with Gasteiger partial charge in [-0.15, -0.1) is 0 Å². The fourth-order valence-corrected chi connectivity index (χ4v) is 3.63. The number of fused-ring (bicyclic) bond motifs is 1. The Bertz CT molecular complexity index is 858. The summed E-state index contributed by atoms with van der Waals surface area (Å²) < 4.78 is 0.819. The highest BCUT2D eigenvalue weighted by Gasteiger charge is 2.27. The normalized spacial score (nSPS) is 18.0. The molecule has 5 nitrogen and oxygen atoms in total. The standard InChI is InChI=1S/C18H17BrN4O/c19-14-8-13(9-20-10-14)18(24)23-7-3-4-12(11-23)17-21-15-5-1-2-6-16(15)22-17/h1-2,5-6,8-10,12H,3-4,7,11H2,(H,21,22). The van der Waals surface area contributed by atoms with Crippen LogP contribution in [0, 0.1) is 0 Å². The van der Waals surface area contributed by atoms with Gasteiger partial charge in [-0.3, -0.25) is 9.78 Å². The van der Waals surface area contributed by atoms with Crippen LogP contribution in [0.4, 0.5) is 0 Å². The molecule has 1 saturated heterocycles. The lowest BCUT2D eigenvalue weighted by molar-refractivity contribution is 0.0704. The Morgan fingerprint density at radius 3 is 3.00 bits per heavy atom. The number of pyridine rings is 1. The molecule has 0 bridgehead atoms. The highest BCUT2D eigenvalue weighted by molar-refractivity contribution is 9.10. The van der Waals surface area contributed by atoms with E-state index in [2.05, 4.69) is 25.9 Å². The van der Waals surface area contributed by atoms with Crippen molar-refractivity contribution >= 4 is 32.9 Å². The van der Waals surface area contributed by atoms with Gasteiger partial charge in [0.05, 0.1) is 16.6 Å². The minimum Gasteiger partial charge on any atom is -0.342 e. The van der Waals surface area contributed by atoms with Crippen LogP contribution in [0.5, 0.6) is 0 Å². The summed E-state index contributed by atoms with van der Waals surface area (Å²) >= 11 is 3.37. The van der Waals surface area contributed by atoms with Crippen molar-refractivity contribution in [2.24, 2.45) is 0 Å². The molecule has 3 heterocycles. The Labute approximate surface area is 148 Å². The third kappa shape index (κ3) is 2.94. The largest absolute Gasteiger partial charge is 0.342 e. The highest BCUT2D eigenvalue weighted by atomic mass is 79.9. The van der Waals surface area contributed by atoms with Crippen LogP contribution in [0.15, 0.2) is 47.2 Å². The number of para-hydroxylation sites is 2. The number of rotatable bonds is 2. The third-order valence-corrected chi connectivity index (χ3v) is 4.89. The van der Waals surface area contributed by atoms with Gasteiger partial charge in [-0.05, 0) is 47.0 Å². The molecule has 24 heavy (non-hydrogen) atoms. The smallest absolute Gasteiger partial charge is 0.255 e. The maximum atomic E-state index is 12.7. The van der Waals surface area contributed by atoms with Crippen molar-refractivity contribution < 1.29 is 4.79 Å². The molecule has 1 N–H and O–H groups in total. The lowest BCUT2D eigenvalue weighted by Gasteiger charge is -2.31. The summed E-state index contributed by atoms with van der Waals surface area (Å²) in [7, 11) is 0. The van der Waals surface area contributed by atoms with Crippen LogP contribution in [-0.2, 0) is 0 Å². The number of amides is 1. The van der Waals surface area contributed by atoms with Gasteiger partial charge in [-0.25, -0.2) is 4.98 Å². The summed E-state index contributed by atoms with van der Waals surface area (Å²) in [6, 6.07) is 9.85. The van der Waals surface area contributed by atoms with Gasteiger partial charge in [0, 0.05) is 35.9 Å². The summed E-state index contributed by atoms with van der Waals surface area (Å²) in [4.78, 5) is 26.8. The third-order valence-electron chi connectivity index (χ3n) is 4.45. The fourth-order valence-electron chi connectivity index (χ4n) is 3.26. The molecule has 1 unspecified atom stereocenters. The van der Waals surface area contributed by atoms with Gasteiger partial charge in [-0.1, -0.05) is 12.1 Å². The lowest BCUT2D eigenvalue weighted by atomic mass is 9.97. The number of aromatic nitrogens is 3. The van der Waals surface area contributed by atoms with Crippen molar-refractivity contribution in [3.63, 3.8) is 0 Å². The summed E-state index contributed by atoms with van der Waals surface area (Å²) in [6.07, 6.45) is 5.33. The van der Waals surface area contributed by atoms with E-state index < -0.39 is 0 Å². The molecule has 1 amide bonds. The quantitative estimate of drug-likeness (QED) is 0.731. The van der Waals surface area contributed by atoms with Crippen molar-refractivity contribution in [1.82, 2.24) is 19.9 Å². The van der Waals surface area contributed by atoms with Crippen molar-refractivity contribution in [2.75, 3.05) is 13.1 Å². The van der Waals surface area contributed by atoms with Crippen molar-refractivity contribution in [3.05, 3.63) is 58.6 Å². The number of benzene rings is 1. The number of aromatic amines is 1. The monoisotopic (exact) mass is 384 g/mol. The van der Waals surface area contributed by atoms with E-state index >= 15 is 0 Å². The first-order valence-corrected chi connectivity index (χ1v) is 8.84. The first-order valence-electron chi connectivity index (χ1n) is 8.05. The van der Waals surface area contributed by atoms with Crippen molar-refractivity contribution in [3.8, 4) is 0 Å². The second kappa shape index (κ2) is 6.36. The highest BCUT2D eigenvalue weighted by Crippen LogP contribution is 2.27. The molecule has 122 valence electrons. The molecule has 4 rings (SSSR count). The molecule has 3 aromatic rings. The zero-order valence-corrected chi connectivity index (χ0v) is 14.7. The maximum Gasteiger partial charge on any atom is 0.255 e. The molecule has 6 heteroatoms. The van der Waals surface area contributed by atoms with Crippen LogP contribution in [0.25, 0.3) is 11.0 Å². The minimum atomic E-state index is 0.0320. The first-order chi connectivity index (χ1) is 11.7. The molecule has 0 saturated carbocycles. The summed E-state index contributed by atoms with van der Waals surface area (Å²) in [5.74, 6) is 1.25. The van der Waals surface area contributed by atoms with E-state index in [0.717, 1.165) is 40.7 Å². The number of hydrogen-bond acceptors (Lipinski definition) is 3. The SMILES string of the molecule is O=C(c1cncc(Br)c1)N1CCCC(c2nc3ccccc3[nH]2)C1. The number of halogens is 1. The molecule has 0 aliphatic carbocycles. The molecule has 0 radical (unpaired) electrons. The van der Waals surface area contributed by atoms with E-state index in [-0.39, 0.29) is 11.8 Å². The number of piperidine rings is 1. The fraction of sp³-hybridized carbons (Fsp3) is 0.278. The number of carbonyl (C=O) groups is 1. The van der Waals surface area contributed by atoms with Crippen LogP contribution < -0.4 is 0 Å². The van der Waals surface area contributed by atoms with E-state index in [0.29, 0.717) is 12.1 Å². The molecule has 1 fully saturated rings. The average Bonchev–Trinajstić information content (AvgIpc) is 3.05. The van der Waals surface area contributed by atoms with Gasteiger partial charge >= 0.3 is 0 Å². The van der Waals surface area contributed by atoms with Crippen LogP contribution in [-0.4, -0.2) is 38.8 Å². The van der Waals surface area contributed by atoms with Gasteiger partial charge in [0.1, 0.15) is 5.82 Å². The number of hydrogen-bond donors (Lipinski definition) is 1. The number of nitrogens with one attached hydrogen (secondary N) is 1. The summed E-state index contributed by atoms with van der Waals surface area (Å²) in [6.45, 7) is 1.47. The van der Waals surface area contributed by atoms with Gasteiger partial charge < -0.3 is 9.88 Å². The number of likely N-dealkylation sites (tertiary alicyclic amines) is 1. The maximum absolute atomic E-state index is 12.7. The Morgan fingerprint density at radius 1 is 1.29 bits per heavy atom. The molecule has 1 atom stereocenters. The lowest BCUT2D eigenvalue weighted by Crippen LogP contribution is -2.39. The van der Waals surface area contributed by atoms with Gasteiger partial charge in [0.25, 0.3) is 5.91 Å². The van der Waals surface area contributed by atoms with Gasteiger partial charge in [-0.2, -0.15) is 0 Å². The summed E-state index contributed by atoms with van der Waals surface area (Å²) in [5, 5.41) is 0. The van der Waals surface area contributed by atoms with E-state index in [9.17, 15) is 4.79 Å². The number of carbonyl (C=O) groups excluding carboxylic acids is 1. The molecule has 0 spiro atoms. The van der Waals surface area contributed by atoms with E-state index in [1.165, 1.54) is 0 Å². The Morgan fingerprint density at radius 2 is 2.17 bits per heavy atom. The Kier molecular flexibility index (Phi) is 4.06. The second-order valence-electron chi connectivity index (χ2n) is 6.12.